The molecule has 128 valence electrons. The molecule has 0 bridgehead atoms. The predicted octanol–water partition coefficient (Wildman–Crippen LogP) is 1.26. The third-order valence-corrected chi connectivity index (χ3v) is 5.28. The van der Waals surface area contributed by atoms with Crippen molar-refractivity contribution in [1.82, 2.24) is 0 Å². The Morgan fingerprint density at radius 3 is 2.28 bits per heavy atom. The highest BCUT2D eigenvalue weighted by molar-refractivity contribution is 7.86. The van der Waals surface area contributed by atoms with Crippen molar-refractivity contribution in [3.63, 3.8) is 0 Å². The van der Waals surface area contributed by atoms with Crippen molar-refractivity contribution in [2.45, 2.75) is 10.4 Å². The molecule has 6 nitrogen and oxygen atoms in total. The van der Waals surface area contributed by atoms with Crippen LogP contribution >= 0.6 is 11.6 Å². The number of carbonyl (C=O) groups is 1. The van der Waals surface area contributed by atoms with E-state index in [1.165, 1.54) is 20.0 Å². The molecule has 25 heavy (non-hydrogen) atoms. The van der Waals surface area contributed by atoms with Crippen LogP contribution in [0.1, 0.15) is 5.56 Å². The molecular weight excluding hydrogens is 365 g/mol. The lowest BCUT2D eigenvalue weighted by Gasteiger charge is -2.23. The summed E-state index contributed by atoms with van der Waals surface area (Å²) in [6.45, 7) is 0. The van der Waals surface area contributed by atoms with Crippen LogP contribution in [0, 0.1) is 0 Å². The van der Waals surface area contributed by atoms with Crippen LogP contribution < -0.4 is 5.73 Å². The monoisotopic (exact) mass is 377 g/mol. The molecule has 9 heteroatoms. The molecule has 1 heterocycles. The summed E-state index contributed by atoms with van der Waals surface area (Å²) in [5.74, 6) is -1.62. The molecule has 0 radical (unpaired) electrons. The average Bonchev–Trinajstić information content (AvgIpc) is 2.80. The Bertz CT molecular complexity index is 960. The zero-order valence-corrected chi connectivity index (χ0v) is 14.7. The molecule has 2 N–H and O–H groups in total. The smallest absolute Gasteiger partial charge is 0.339 e. The first-order valence-electron chi connectivity index (χ1n) is 7.23. The largest absolute Gasteiger partial charge is 0.467 e. The summed E-state index contributed by atoms with van der Waals surface area (Å²) < 4.78 is 35.1. The number of rotatable bonds is 4. The molecule has 0 spiro atoms. The molecule has 0 aliphatic carbocycles. The van der Waals surface area contributed by atoms with Crippen molar-refractivity contribution in [3.8, 4) is 0 Å². The Morgan fingerprint density at radius 2 is 1.68 bits per heavy atom. The van der Waals surface area contributed by atoms with Crippen molar-refractivity contribution >= 4 is 35.3 Å². The Balaban J connectivity index is 1.92. The van der Waals surface area contributed by atoms with Gasteiger partial charge in [-0.15, -0.1) is 0 Å². The highest BCUT2D eigenvalue weighted by Crippen LogP contribution is 2.36. The maximum atomic E-state index is 12.7. The fourth-order valence-corrected chi connectivity index (χ4v) is 3.51. The molecule has 0 saturated carbocycles. The van der Waals surface area contributed by atoms with Gasteiger partial charge < -0.3 is 14.7 Å². The molecule has 1 aliphatic rings. The third kappa shape index (κ3) is 3.10. The van der Waals surface area contributed by atoms with Crippen molar-refractivity contribution in [1.29, 1.82) is 0 Å². The first-order chi connectivity index (χ1) is 11.7. The van der Waals surface area contributed by atoms with E-state index in [-0.39, 0.29) is 10.8 Å². The van der Waals surface area contributed by atoms with E-state index in [4.69, 9.17) is 26.3 Å². The first-order valence-corrected chi connectivity index (χ1v) is 9.02. The van der Waals surface area contributed by atoms with E-state index in [2.05, 4.69) is 0 Å². The molecule has 0 aromatic heterocycles. The molecule has 0 amide bonds. The summed E-state index contributed by atoms with van der Waals surface area (Å²) in [5.41, 5.74) is 4.70. The van der Waals surface area contributed by atoms with Crippen molar-refractivity contribution in [2.24, 2.45) is 5.73 Å². The summed E-state index contributed by atoms with van der Waals surface area (Å²) >= 11 is 5.85. The van der Waals surface area contributed by atoms with Crippen LogP contribution in [0.5, 0.6) is 0 Å². The van der Waals surface area contributed by atoms with Crippen LogP contribution in [-0.2, 0) is 29.3 Å². The van der Waals surface area contributed by atoms with E-state index >= 15 is 0 Å². The Labute approximate surface area is 150 Å². The fourth-order valence-electron chi connectivity index (χ4n) is 2.42. The number of carbonyl (C=O) groups excluding carboxylic acids is 1. The maximum Gasteiger partial charge on any atom is 0.339 e. The lowest BCUT2D eigenvalue weighted by Crippen LogP contribution is -2.35. The van der Waals surface area contributed by atoms with E-state index in [0.717, 1.165) is 0 Å². The average molecular weight is 378 g/mol. The lowest BCUT2D eigenvalue weighted by atomic mass is 9.73. The zero-order chi connectivity index (χ0) is 18.2. The normalized spacial score (nSPS) is 20.4. The number of halogens is 1. The number of benzene rings is 2. The van der Waals surface area contributed by atoms with Crippen LogP contribution in [-0.4, -0.2) is 22.0 Å². The molecule has 0 saturated heterocycles. The van der Waals surface area contributed by atoms with Gasteiger partial charge in [0.2, 0.25) is 17.4 Å². The Morgan fingerprint density at radius 1 is 1.08 bits per heavy atom. The second-order valence-corrected chi connectivity index (χ2v) is 7.50. The van der Waals surface area contributed by atoms with E-state index in [1.54, 1.807) is 42.5 Å². The van der Waals surface area contributed by atoms with Gasteiger partial charge in [-0.2, -0.15) is 8.42 Å². The van der Waals surface area contributed by atoms with Gasteiger partial charge in [-0.05, 0) is 29.8 Å². The minimum Gasteiger partial charge on any atom is -0.467 e. The van der Waals surface area contributed by atoms with Gasteiger partial charge in [-0.3, -0.25) is 4.79 Å². The molecule has 0 fully saturated rings. The number of ether oxygens (including phenoxy) is 1. The summed E-state index contributed by atoms with van der Waals surface area (Å²) in [4.78, 5) is 12.7. The van der Waals surface area contributed by atoms with E-state index in [9.17, 15) is 13.2 Å². The third-order valence-electron chi connectivity index (χ3n) is 3.80. The molecule has 2 aromatic rings. The van der Waals surface area contributed by atoms with Crippen molar-refractivity contribution in [3.05, 3.63) is 76.8 Å². The standard InChI is InChI=1S/C16H13BClNO5S/c17-16(10-6-8-11(18)9-7-10)14(20)13(15(19)23-16)24-25(21,22)12-4-2-1-3-5-12/h1-9H,17,19H2/t16-/m1/s1. The zero-order valence-electron chi connectivity index (χ0n) is 13.1. The molecule has 1 atom stereocenters. The molecule has 2 aromatic carbocycles. The van der Waals surface area contributed by atoms with E-state index in [1.807, 2.05) is 0 Å². The summed E-state index contributed by atoms with van der Waals surface area (Å²) in [6.07, 6.45) is 0. The maximum absolute atomic E-state index is 12.7. The molecule has 0 unspecified atom stereocenters. The quantitative estimate of drug-likeness (QED) is 0.636. The first kappa shape index (κ1) is 17.4. The highest BCUT2D eigenvalue weighted by Gasteiger charge is 2.49. The second kappa shape index (κ2) is 6.13. The second-order valence-electron chi connectivity index (χ2n) is 5.52. The number of ketones is 1. The van der Waals surface area contributed by atoms with Gasteiger partial charge in [-0.25, -0.2) is 0 Å². The van der Waals surface area contributed by atoms with Gasteiger partial charge in [0.15, 0.2) is 13.3 Å². The Kier molecular flexibility index (Phi) is 4.26. The number of nitrogens with two attached hydrogens (primary N) is 1. The van der Waals surface area contributed by atoms with Crippen LogP contribution in [0.4, 0.5) is 0 Å². The van der Waals surface area contributed by atoms with Gasteiger partial charge in [-0.1, -0.05) is 41.9 Å². The van der Waals surface area contributed by atoms with Crippen LogP contribution in [0.3, 0.4) is 0 Å². The van der Waals surface area contributed by atoms with Gasteiger partial charge >= 0.3 is 10.1 Å². The highest BCUT2D eigenvalue weighted by atomic mass is 35.5. The van der Waals surface area contributed by atoms with Crippen LogP contribution in [0.2, 0.25) is 5.02 Å². The van der Waals surface area contributed by atoms with Crippen molar-refractivity contribution in [2.75, 3.05) is 0 Å². The van der Waals surface area contributed by atoms with E-state index in [0.29, 0.717) is 10.6 Å². The number of Topliss-reactive ketones (excluding diaryl/α,β-unsaturated/α-hetero) is 1. The fraction of sp³-hybridized carbons (Fsp3) is 0.0625. The summed E-state index contributed by atoms with van der Waals surface area (Å²) in [7, 11) is -2.73. The lowest BCUT2D eigenvalue weighted by molar-refractivity contribution is -0.126. The minimum atomic E-state index is -4.21. The molecule has 1 aliphatic heterocycles. The topological polar surface area (TPSA) is 95.7 Å². The van der Waals surface area contributed by atoms with Gasteiger partial charge in [0.1, 0.15) is 4.90 Å². The SMILES string of the molecule is B[C@]1(c2ccc(Cl)cc2)OC(N)=C(OS(=O)(=O)c2ccccc2)C1=O. The van der Waals surface area contributed by atoms with Crippen LogP contribution in [0.25, 0.3) is 0 Å². The van der Waals surface area contributed by atoms with Gasteiger partial charge in [0.05, 0.1) is 0 Å². The van der Waals surface area contributed by atoms with Gasteiger partial charge in [0, 0.05) is 5.02 Å². The summed E-state index contributed by atoms with van der Waals surface area (Å²) in [6, 6.07) is 13.8. The number of hydrogen-bond donors (Lipinski definition) is 1. The van der Waals surface area contributed by atoms with E-state index < -0.39 is 27.2 Å². The molecular formula is C16H13BClNO5S. The summed E-state index contributed by atoms with van der Waals surface area (Å²) in [5, 5.41) is 0.488. The Hall–Kier alpha value is -2.45. The van der Waals surface area contributed by atoms with Crippen LogP contribution in [0.15, 0.2) is 71.1 Å². The number of hydrogen-bond acceptors (Lipinski definition) is 6. The molecule has 3 rings (SSSR count). The van der Waals surface area contributed by atoms with Crippen molar-refractivity contribution < 1.29 is 22.1 Å². The van der Waals surface area contributed by atoms with Gasteiger partial charge in [0.25, 0.3) is 0 Å². The minimum absolute atomic E-state index is 0.0943. The predicted molar refractivity (Wildman–Crippen MR) is 93.7 cm³/mol.